The minimum absolute atomic E-state index is 0. The molecule has 0 fully saturated rings. The van der Waals surface area contributed by atoms with Crippen LogP contribution < -0.4 is 11.5 Å². The van der Waals surface area contributed by atoms with Gasteiger partial charge in [0.1, 0.15) is 0 Å². The van der Waals surface area contributed by atoms with E-state index >= 15 is 0 Å². The third-order valence-electron chi connectivity index (χ3n) is 0.996. The van der Waals surface area contributed by atoms with Gasteiger partial charge in [0.15, 0.2) is 0 Å². The van der Waals surface area contributed by atoms with E-state index in [0.29, 0.717) is 11.4 Å². The van der Waals surface area contributed by atoms with Crippen molar-refractivity contribution in [2.45, 2.75) is 0 Å². The normalized spacial score (nSPS) is 6.55. The summed E-state index contributed by atoms with van der Waals surface area (Å²) in [6.07, 6.45) is 0. The average molecular weight is 218 g/mol. The van der Waals surface area contributed by atoms with Crippen LogP contribution in [0.5, 0.6) is 0 Å². The predicted octanol–water partition coefficient (Wildman–Crippen LogP) is 2.12. The van der Waals surface area contributed by atoms with E-state index in [4.69, 9.17) is 11.5 Å². The highest BCUT2D eigenvalue weighted by atomic mass is 35.5. The zero-order valence-electron chi connectivity index (χ0n) is 5.69. The van der Waals surface area contributed by atoms with Crippen LogP contribution in [0.4, 0.5) is 11.4 Å². The van der Waals surface area contributed by atoms with Crippen molar-refractivity contribution in [3.05, 3.63) is 24.3 Å². The maximum absolute atomic E-state index is 5.39. The number of nitrogens with two attached hydrogens (primary N) is 2. The highest BCUT2D eigenvalue weighted by Crippen LogP contribution is 2.10. The molecule has 2 nitrogen and oxygen atoms in total. The van der Waals surface area contributed by atoms with Crippen LogP contribution in [0.1, 0.15) is 0 Å². The van der Waals surface area contributed by atoms with Crippen molar-refractivity contribution < 1.29 is 0 Å². The standard InChI is InChI=1S/C6H8N2.3ClH/c7-5-3-1-2-4-6(5)8;;;/h1-4H,7-8H2;3*1H. The Morgan fingerprint density at radius 3 is 1.18 bits per heavy atom. The number of rotatable bonds is 0. The quantitative estimate of drug-likeness (QED) is 0.654. The van der Waals surface area contributed by atoms with Crippen LogP contribution in [0.15, 0.2) is 24.3 Å². The third kappa shape index (κ3) is 5.01. The smallest absolute Gasteiger partial charge is 0.0547 e. The molecule has 0 atom stereocenters. The van der Waals surface area contributed by atoms with E-state index in [-0.39, 0.29) is 37.2 Å². The first-order valence-electron chi connectivity index (χ1n) is 2.40. The zero-order valence-corrected chi connectivity index (χ0v) is 8.14. The van der Waals surface area contributed by atoms with E-state index in [9.17, 15) is 0 Å². The van der Waals surface area contributed by atoms with Gasteiger partial charge in [0.05, 0.1) is 11.4 Å². The van der Waals surface area contributed by atoms with Crippen LogP contribution in [-0.4, -0.2) is 0 Å². The topological polar surface area (TPSA) is 52.0 Å². The monoisotopic (exact) mass is 216 g/mol. The Balaban J connectivity index is -0.000000213. The van der Waals surface area contributed by atoms with E-state index in [2.05, 4.69) is 0 Å². The van der Waals surface area contributed by atoms with Gasteiger partial charge < -0.3 is 11.5 Å². The summed E-state index contributed by atoms with van der Waals surface area (Å²) in [6.45, 7) is 0. The fourth-order valence-corrected chi connectivity index (χ4v) is 0.511. The van der Waals surface area contributed by atoms with Crippen molar-refractivity contribution >= 4 is 48.6 Å². The van der Waals surface area contributed by atoms with E-state index < -0.39 is 0 Å². The Morgan fingerprint density at radius 2 is 1.00 bits per heavy atom. The van der Waals surface area contributed by atoms with Gasteiger partial charge in [-0.2, -0.15) is 0 Å². The molecule has 0 heterocycles. The molecule has 66 valence electrons. The lowest BCUT2D eigenvalue weighted by molar-refractivity contribution is 1.67. The molecule has 0 saturated heterocycles. The van der Waals surface area contributed by atoms with Gasteiger partial charge in [0, 0.05) is 0 Å². The molecule has 5 heteroatoms. The molecule has 0 unspecified atom stereocenters. The Morgan fingerprint density at radius 1 is 0.727 bits per heavy atom. The Kier molecular flexibility index (Phi) is 12.0. The van der Waals surface area contributed by atoms with Crippen LogP contribution in [-0.2, 0) is 0 Å². The molecule has 11 heavy (non-hydrogen) atoms. The first-order valence-corrected chi connectivity index (χ1v) is 2.40. The lowest BCUT2D eigenvalue weighted by Crippen LogP contribution is -1.91. The van der Waals surface area contributed by atoms with Gasteiger partial charge in [0.25, 0.3) is 0 Å². The number of halogens is 3. The lowest BCUT2D eigenvalue weighted by atomic mass is 10.3. The molecule has 1 rings (SSSR count). The third-order valence-corrected chi connectivity index (χ3v) is 0.996. The average Bonchev–Trinajstić information content (AvgIpc) is 1.77. The molecule has 0 aliphatic carbocycles. The van der Waals surface area contributed by atoms with Crippen molar-refractivity contribution in [3.63, 3.8) is 0 Å². The fraction of sp³-hybridized carbons (Fsp3) is 0. The zero-order chi connectivity index (χ0) is 5.98. The SMILES string of the molecule is Cl.Cl.Cl.Nc1ccccc1N. The van der Waals surface area contributed by atoms with Crippen molar-refractivity contribution in [1.82, 2.24) is 0 Å². The first kappa shape index (κ1) is 17.0. The van der Waals surface area contributed by atoms with Crippen molar-refractivity contribution in [3.8, 4) is 0 Å². The van der Waals surface area contributed by atoms with Gasteiger partial charge in [0.2, 0.25) is 0 Å². The number of hydrogen-bond donors (Lipinski definition) is 2. The van der Waals surface area contributed by atoms with Crippen molar-refractivity contribution in [1.29, 1.82) is 0 Å². The maximum atomic E-state index is 5.39. The van der Waals surface area contributed by atoms with Crippen LogP contribution in [0.3, 0.4) is 0 Å². The van der Waals surface area contributed by atoms with Crippen molar-refractivity contribution in [2.24, 2.45) is 0 Å². The minimum atomic E-state index is 0. The molecule has 0 aliphatic rings. The van der Waals surface area contributed by atoms with E-state index in [1.807, 2.05) is 12.1 Å². The minimum Gasteiger partial charge on any atom is -0.397 e. The molecule has 0 aromatic heterocycles. The second-order valence-corrected chi connectivity index (χ2v) is 1.63. The van der Waals surface area contributed by atoms with Gasteiger partial charge >= 0.3 is 0 Å². The van der Waals surface area contributed by atoms with Crippen LogP contribution in [0, 0.1) is 0 Å². The number of anilines is 2. The van der Waals surface area contributed by atoms with Gasteiger partial charge in [-0.3, -0.25) is 0 Å². The lowest BCUT2D eigenvalue weighted by Gasteiger charge is -1.94. The Hall–Kier alpha value is -0.310. The Labute approximate surface area is 84.6 Å². The number of para-hydroxylation sites is 2. The van der Waals surface area contributed by atoms with Gasteiger partial charge in [-0.15, -0.1) is 37.2 Å². The summed E-state index contributed by atoms with van der Waals surface area (Å²) >= 11 is 0. The van der Waals surface area contributed by atoms with Crippen LogP contribution in [0.25, 0.3) is 0 Å². The molecule has 0 aliphatic heterocycles. The molecule has 1 aromatic carbocycles. The fourth-order valence-electron chi connectivity index (χ4n) is 0.511. The second-order valence-electron chi connectivity index (χ2n) is 1.63. The van der Waals surface area contributed by atoms with Gasteiger partial charge in [-0.05, 0) is 12.1 Å². The largest absolute Gasteiger partial charge is 0.397 e. The summed E-state index contributed by atoms with van der Waals surface area (Å²) in [5.74, 6) is 0. The van der Waals surface area contributed by atoms with E-state index in [0.717, 1.165) is 0 Å². The molecule has 0 bridgehead atoms. The summed E-state index contributed by atoms with van der Waals surface area (Å²) in [4.78, 5) is 0. The summed E-state index contributed by atoms with van der Waals surface area (Å²) in [5.41, 5.74) is 12.1. The van der Waals surface area contributed by atoms with Crippen LogP contribution in [0.2, 0.25) is 0 Å². The predicted molar refractivity (Wildman–Crippen MR) is 57.0 cm³/mol. The molecule has 0 spiro atoms. The number of nitrogen functional groups attached to an aromatic ring is 2. The summed E-state index contributed by atoms with van der Waals surface area (Å²) < 4.78 is 0. The second kappa shape index (κ2) is 7.79. The van der Waals surface area contributed by atoms with Crippen molar-refractivity contribution in [2.75, 3.05) is 11.5 Å². The molecule has 0 saturated carbocycles. The summed E-state index contributed by atoms with van der Waals surface area (Å²) in [7, 11) is 0. The highest BCUT2D eigenvalue weighted by Gasteiger charge is 1.85. The number of hydrogen-bond acceptors (Lipinski definition) is 2. The Bertz CT molecular complexity index is 172. The van der Waals surface area contributed by atoms with Crippen LogP contribution >= 0.6 is 37.2 Å². The van der Waals surface area contributed by atoms with E-state index in [1.54, 1.807) is 12.1 Å². The molecule has 1 aromatic rings. The first-order chi connectivity index (χ1) is 3.80. The maximum Gasteiger partial charge on any atom is 0.0547 e. The molecule has 0 radical (unpaired) electrons. The summed E-state index contributed by atoms with van der Waals surface area (Å²) in [6, 6.07) is 7.25. The van der Waals surface area contributed by atoms with E-state index in [1.165, 1.54) is 0 Å². The molecule has 4 N–H and O–H groups in total. The number of benzene rings is 1. The molecule has 0 amide bonds. The van der Waals surface area contributed by atoms with Gasteiger partial charge in [-0.1, -0.05) is 12.1 Å². The molecular formula is C6H11Cl3N2. The summed E-state index contributed by atoms with van der Waals surface area (Å²) in [5, 5.41) is 0. The highest BCUT2D eigenvalue weighted by molar-refractivity contribution is 5.86. The van der Waals surface area contributed by atoms with Gasteiger partial charge in [-0.25, -0.2) is 0 Å². The molecular weight excluding hydrogens is 206 g/mol.